The van der Waals surface area contributed by atoms with Gasteiger partial charge in [0.2, 0.25) is 0 Å². The second-order valence-corrected chi connectivity index (χ2v) is 21.7. The quantitative estimate of drug-likeness (QED) is 0.122. The van der Waals surface area contributed by atoms with E-state index in [0.29, 0.717) is 29.1 Å². The highest BCUT2D eigenvalue weighted by atomic mass is 32.1. The molecule has 9 aromatic rings. The second kappa shape index (κ2) is 36.8. The molecule has 0 unspecified atom stereocenters. The lowest BCUT2D eigenvalue weighted by Crippen LogP contribution is -2.32. The van der Waals surface area contributed by atoms with E-state index >= 15 is 0 Å². The molecule has 11 heteroatoms. The Hall–Kier alpha value is -7.41. The van der Waals surface area contributed by atoms with Crippen LogP contribution in [0, 0.1) is 13.8 Å². The molecule has 426 valence electrons. The van der Waals surface area contributed by atoms with Crippen LogP contribution in [0.15, 0.2) is 219 Å². The Morgan fingerprint density at radius 2 is 1.12 bits per heavy atom. The third-order valence-corrected chi connectivity index (χ3v) is 15.3. The van der Waals surface area contributed by atoms with Gasteiger partial charge >= 0.3 is 0 Å². The molecule has 81 heavy (non-hydrogen) atoms. The van der Waals surface area contributed by atoms with E-state index in [-0.39, 0.29) is 0 Å². The summed E-state index contributed by atoms with van der Waals surface area (Å²) in [5, 5.41) is 0.668. The van der Waals surface area contributed by atoms with Gasteiger partial charge in [0.15, 0.2) is 17.5 Å². The van der Waals surface area contributed by atoms with Gasteiger partial charge in [0.25, 0.3) is 0 Å². The maximum absolute atomic E-state index is 5.36. The van der Waals surface area contributed by atoms with Crippen LogP contribution in [0.25, 0.3) is 0 Å². The molecule has 0 radical (unpaired) electrons. The summed E-state index contributed by atoms with van der Waals surface area (Å²) in [5.74, 6) is 0.507. The fourth-order valence-electron chi connectivity index (χ4n) is 9.63. The maximum Gasteiger partial charge on any atom is 0.180 e. The molecule has 10 nitrogen and oxygen atoms in total. The molecule has 2 aliphatic rings. The van der Waals surface area contributed by atoms with Crippen molar-refractivity contribution in [3.05, 3.63) is 269 Å². The third kappa shape index (κ3) is 23.3. The summed E-state index contributed by atoms with van der Waals surface area (Å²) in [7, 11) is 4.19. The largest absolute Gasteiger partial charge is 0.382 e. The van der Waals surface area contributed by atoms with Crippen LogP contribution in [0.4, 0.5) is 10.9 Å². The normalized spacial score (nSPS) is 14.5. The first-order valence-corrected chi connectivity index (χ1v) is 29.7. The molecule has 4 aromatic heterocycles. The lowest BCUT2D eigenvalue weighted by atomic mass is 9.96. The van der Waals surface area contributed by atoms with Gasteiger partial charge in [-0.1, -0.05) is 178 Å². The Morgan fingerprint density at radius 1 is 0.593 bits per heavy atom. The molecular weight excluding hydrogens is 1010 g/mol. The first-order valence-electron chi connectivity index (χ1n) is 28.9. The Bertz CT molecular complexity index is 2890. The second-order valence-electron chi connectivity index (χ2n) is 20.5. The zero-order chi connectivity index (χ0) is 58.0. The van der Waals surface area contributed by atoms with Gasteiger partial charge in [-0.25, -0.2) is 14.5 Å². The average molecular weight is 1100 g/mol. The number of pyridine rings is 2. The fourth-order valence-corrected chi connectivity index (χ4v) is 10.3. The number of nitrogen functional groups attached to an aromatic ring is 2. The van der Waals surface area contributed by atoms with Crippen molar-refractivity contribution in [2.75, 3.05) is 38.1 Å². The van der Waals surface area contributed by atoms with E-state index < -0.39 is 0 Å². The highest BCUT2D eigenvalue weighted by Gasteiger charge is 2.29. The number of benzene rings is 5. The first-order chi connectivity index (χ1) is 39.4. The topological polar surface area (TPSA) is 117 Å². The van der Waals surface area contributed by atoms with Crippen LogP contribution in [0.3, 0.4) is 0 Å². The van der Waals surface area contributed by atoms with Crippen LogP contribution in [0.5, 0.6) is 0 Å². The number of anilines is 2. The van der Waals surface area contributed by atoms with E-state index in [1.165, 1.54) is 82.6 Å². The molecule has 2 fully saturated rings. The van der Waals surface area contributed by atoms with Crippen LogP contribution in [-0.2, 0) is 26.4 Å². The molecule has 4 N–H and O–H groups in total. The van der Waals surface area contributed by atoms with E-state index in [1.807, 2.05) is 49.3 Å². The van der Waals surface area contributed by atoms with Gasteiger partial charge in [-0.2, -0.15) is 0 Å². The number of aryl methyl sites for hydroxylation is 5. The van der Waals surface area contributed by atoms with Crippen molar-refractivity contribution in [2.45, 2.75) is 118 Å². The van der Waals surface area contributed by atoms with E-state index in [0.717, 1.165) is 37.7 Å². The minimum absolute atomic E-state index is 0.349. The summed E-state index contributed by atoms with van der Waals surface area (Å²) in [4.78, 5) is 24.4. The zero-order valence-corrected chi connectivity index (χ0v) is 50.6. The van der Waals surface area contributed by atoms with Crippen molar-refractivity contribution in [2.24, 2.45) is 7.05 Å². The predicted molar refractivity (Wildman–Crippen MR) is 342 cm³/mol. The number of aromatic nitrogens is 5. The van der Waals surface area contributed by atoms with E-state index in [9.17, 15) is 0 Å². The van der Waals surface area contributed by atoms with Crippen molar-refractivity contribution >= 4 is 22.3 Å². The van der Waals surface area contributed by atoms with Crippen LogP contribution in [0.1, 0.15) is 122 Å². The van der Waals surface area contributed by atoms with Crippen molar-refractivity contribution in [3.63, 3.8) is 0 Å². The predicted octanol–water partition coefficient (Wildman–Crippen LogP) is 14.8. The molecule has 0 spiro atoms. The highest BCUT2D eigenvalue weighted by Crippen LogP contribution is 2.34. The van der Waals surface area contributed by atoms with Gasteiger partial charge in [0.1, 0.15) is 12.9 Å². The number of rotatable bonds is 11. The van der Waals surface area contributed by atoms with Crippen LogP contribution in [0.2, 0.25) is 0 Å². The molecule has 2 aliphatic heterocycles. The lowest BCUT2D eigenvalue weighted by molar-refractivity contribution is -0.671. The number of nitrogens with zero attached hydrogens (tertiary/aromatic N) is 8. The van der Waals surface area contributed by atoms with Crippen molar-refractivity contribution in [1.29, 1.82) is 0 Å². The smallest absolute Gasteiger partial charge is 0.180 e. The maximum atomic E-state index is 5.36. The van der Waals surface area contributed by atoms with Gasteiger partial charge in [-0.05, 0) is 138 Å². The average Bonchev–Trinajstić information content (AvgIpc) is 4.26. The third-order valence-electron chi connectivity index (χ3n) is 14.3. The van der Waals surface area contributed by atoms with E-state index in [1.54, 1.807) is 29.9 Å². The van der Waals surface area contributed by atoms with E-state index in [4.69, 9.17) is 11.5 Å². The molecule has 6 heterocycles. The van der Waals surface area contributed by atoms with Gasteiger partial charge < -0.3 is 11.5 Å². The molecule has 5 aromatic carbocycles. The minimum Gasteiger partial charge on any atom is -0.382 e. The van der Waals surface area contributed by atoms with Gasteiger partial charge in [0, 0.05) is 66.1 Å². The van der Waals surface area contributed by atoms with Crippen molar-refractivity contribution < 1.29 is 4.57 Å². The highest BCUT2D eigenvalue weighted by molar-refractivity contribution is 7.15. The Balaban J connectivity index is 0.000000179. The van der Waals surface area contributed by atoms with Crippen LogP contribution >= 0.6 is 11.3 Å². The monoisotopic (exact) mass is 1100 g/mol. The number of hydrogen-bond acceptors (Lipinski definition) is 10. The Morgan fingerprint density at radius 3 is 1.49 bits per heavy atom. The lowest BCUT2D eigenvalue weighted by Gasteiger charge is -2.32. The number of nitrogens with two attached hydrogens (primary N) is 2. The zero-order valence-electron chi connectivity index (χ0n) is 49.8. The summed E-state index contributed by atoms with van der Waals surface area (Å²) in [6.45, 7) is 19.6. The van der Waals surface area contributed by atoms with Gasteiger partial charge in [-0.3, -0.25) is 24.7 Å². The van der Waals surface area contributed by atoms with E-state index in [2.05, 4.69) is 253 Å². The Kier molecular flexibility index (Phi) is 29.2. The minimum atomic E-state index is 0.349. The van der Waals surface area contributed by atoms with Crippen LogP contribution in [-0.4, -0.2) is 73.4 Å². The van der Waals surface area contributed by atoms with Crippen LogP contribution < -0.4 is 16.0 Å². The number of thiazole rings is 1. The molecule has 0 bridgehead atoms. The SMILES string of the molecule is CCN(C)C(c1ccccc1)c1ccccc1.CCc1cccnc1.CCc1cnc(N)s1.C[C@H]1CCCN1C(c1ccccc1)c1ccccc1.C[C@H]1CCCN1Cc1ccccc1.Cc1ccc[n+](C)c1.Cc1nccnc1N. The summed E-state index contributed by atoms with van der Waals surface area (Å²) in [6.07, 6.45) is 20.3. The summed E-state index contributed by atoms with van der Waals surface area (Å²) < 4.78 is 2.04. The number of likely N-dealkylation sites (tertiary alicyclic amines) is 2. The van der Waals surface area contributed by atoms with Gasteiger partial charge in [0.05, 0.1) is 17.8 Å². The molecule has 2 saturated heterocycles. The standard InChI is InChI=1S/C18H21N.C16H19N.C12H17N.C7H10N.C7H9N.C5H7N3.C5H8N2S/c1-15-9-8-14-19(15)18(16-10-4-2-5-11-16)17-12-6-3-7-13-17;1-3-17(2)16(14-10-6-4-7-11-14)15-12-8-5-9-13-15;1-11-6-5-9-13(11)10-12-7-3-2-4-8-12;1-7-4-3-5-8(2)6-7;1-2-7-4-3-5-8-6-7;1-4-5(6)8-3-2-7-4;1-2-4-3-7-5(6)8-4/h2-7,10-13,15,18H,8-9,14H2,1H3;4-13,16H,3H2,1-2H3;2-4,7-8,11H,5-6,9-10H2,1H3;3-6H,1-2H3;3-6H,2H2,1H3;2-3H,1H3,(H2,6,8);3H,2H2,1H3,(H2,6,7)/q;;;+1;;;/t15-;;11-;;;;/m0.0..../s1. The molecule has 0 saturated carbocycles. The van der Waals surface area contributed by atoms with Gasteiger partial charge in [-0.15, -0.1) is 11.3 Å². The van der Waals surface area contributed by atoms with Crippen molar-refractivity contribution in [1.82, 2.24) is 34.6 Å². The first kappa shape index (κ1) is 64.4. The number of hydrogen-bond donors (Lipinski definition) is 2. The molecule has 0 aliphatic carbocycles. The molecule has 0 amide bonds. The molecule has 11 rings (SSSR count). The molecular formula is C70H91N10S+. The summed E-state index contributed by atoms with van der Waals surface area (Å²) in [6, 6.07) is 64.2. The summed E-state index contributed by atoms with van der Waals surface area (Å²) in [5.41, 5.74) is 21.0. The molecule has 2 atom stereocenters. The van der Waals surface area contributed by atoms with Crippen molar-refractivity contribution in [3.8, 4) is 0 Å². The summed E-state index contributed by atoms with van der Waals surface area (Å²) >= 11 is 1.55. The fraction of sp³-hybridized carbons (Fsp3) is 0.329. The Labute approximate surface area is 490 Å².